The van der Waals surface area contributed by atoms with Crippen LogP contribution in [0.15, 0.2) is 31.6 Å². The number of nitrogens with zero attached hydrogens (tertiary/aromatic N) is 2. The van der Waals surface area contributed by atoms with E-state index < -0.39 is 113 Å². The van der Waals surface area contributed by atoms with E-state index in [0.717, 1.165) is 0 Å². The minimum absolute atomic E-state index is 0.108. The van der Waals surface area contributed by atoms with Crippen molar-refractivity contribution in [1.29, 1.82) is 0 Å². The van der Waals surface area contributed by atoms with Crippen molar-refractivity contribution in [3.63, 3.8) is 0 Å². The lowest BCUT2D eigenvalue weighted by Crippen LogP contribution is -2.46. The molecule has 11 atom stereocenters. The second-order valence-corrected chi connectivity index (χ2v) is 34.3. The minimum Gasteiger partial charge on any atom is -0.414 e. The second-order valence-electron chi connectivity index (χ2n) is 21.8. The molecule has 23 heteroatoms. The Morgan fingerprint density at radius 3 is 1.82 bits per heavy atom. The fraction of sp³-hybridized carbons (Fsp3) is 0.814. The number of ether oxygens (including phenoxy) is 5. The van der Waals surface area contributed by atoms with Crippen LogP contribution in [-0.4, -0.2) is 116 Å². The number of hydrogen-bond acceptors (Lipinski definition) is 16. The van der Waals surface area contributed by atoms with Gasteiger partial charge < -0.3 is 46.9 Å². The molecular formula is C43H74N5O14PSSi2. The van der Waals surface area contributed by atoms with Gasteiger partial charge in [0.25, 0.3) is 11.1 Å². The number of aromatic nitrogens is 4. The van der Waals surface area contributed by atoms with Gasteiger partial charge in [-0.15, -0.1) is 0 Å². The maximum Gasteiger partial charge on any atom is 0.330 e. The first-order valence-corrected chi connectivity index (χ1v) is 31.3. The lowest BCUT2D eigenvalue weighted by Gasteiger charge is -2.39. The first kappa shape index (κ1) is 53.4. The fourth-order valence-corrected chi connectivity index (χ4v) is 12.5. The number of fused-ring (bicyclic) bond motifs is 1. The molecule has 0 bridgehead atoms. The van der Waals surface area contributed by atoms with Crippen molar-refractivity contribution in [1.82, 2.24) is 24.4 Å². The molecule has 0 spiro atoms. The molecule has 374 valence electrons. The molecule has 0 aliphatic carbocycles. The van der Waals surface area contributed by atoms with Crippen molar-refractivity contribution in [2.24, 2.45) is 0 Å². The zero-order chi connectivity index (χ0) is 49.1. The maximum absolute atomic E-state index is 13.3. The van der Waals surface area contributed by atoms with Gasteiger partial charge in [-0.3, -0.25) is 33.2 Å². The third-order valence-electron chi connectivity index (χ3n) is 13.7. The Morgan fingerprint density at radius 1 is 0.788 bits per heavy atom. The smallest absolute Gasteiger partial charge is 0.330 e. The van der Waals surface area contributed by atoms with Crippen molar-refractivity contribution in [3.8, 4) is 0 Å². The van der Waals surface area contributed by atoms with Gasteiger partial charge in [0.05, 0.1) is 25.4 Å². The molecule has 3 N–H and O–H groups in total. The molecule has 66 heavy (non-hydrogen) atoms. The van der Waals surface area contributed by atoms with E-state index >= 15 is 0 Å². The zero-order valence-electron chi connectivity index (χ0n) is 41.5. The highest BCUT2D eigenvalue weighted by Crippen LogP contribution is 2.58. The Morgan fingerprint density at radius 2 is 1.30 bits per heavy atom. The third kappa shape index (κ3) is 12.1. The molecule has 6 heterocycles. The molecule has 4 aliphatic heterocycles. The van der Waals surface area contributed by atoms with Gasteiger partial charge in [0, 0.05) is 48.9 Å². The van der Waals surface area contributed by atoms with Crippen LogP contribution in [0.3, 0.4) is 0 Å². The predicted octanol–water partition coefficient (Wildman–Crippen LogP) is 5.58. The van der Waals surface area contributed by atoms with Crippen molar-refractivity contribution >= 4 is 35.2 Å². The van der Waals surface area contributed by atoms with Gasteiger partial charge in [0.15, 0.2) is 28.7 Å². The van der Waals surface area contributed by atoms with Gasteiger partial charge in [-0.25, -0.2) is 9.59 Å². The van der Waals surface area contributed by atoms with Crippen molar-refractivity contribution in [3.05, 3.63) is 65.2 Å². The highest BCUT2D eigenvalue weighted by Gasteiger charge is 2.58. The van der Waals surface area contributed by atoms with Crippen molar-refractivity contribution in [2.45, 2.75) is 205 Å². The van der Waals surface area contributed by atoms with E-state index in [4.69, 9.17) is 57.9 Å². The summed E-state index contributed by atoms with van der Waals surface area (Å²) in [6, 6.07) is 0.113. The number of nitrogens with one attached hydrogen (secondary N) is 3. The predicted molar refractivity (Wildman–Crippen MR) is 256 cm³/mol. The monoisotopic (exact) mass is 1000 g/mol. The number of aromatic amines is 2. The summed E-state index contributed by atoms with van der Waals surface area (Å²) in [5.41, 5.74) is -1.55. The lowest BCUT2D eigenvalue weighted by atomic mass is 10.1. The molecule has 6 rings (SSSR count). The Labute approximate surface area is 394 Å². The first-order chi connectivity index (χ1) is 30.3. The third-order valence-corrected chi connectivity index (χ3v) is 25.0. The van der Waals surface area contributed by atoms with E-state index in [1.54, 1.807) is 27.7 Å². The maximum atomic E-state index is 13.3. The Kier molecular flexibility index (Phi) is 15.9. The molecule has 19 nitrogen and oxygen atoms in total. The Balaban J connectivity index is 1.39. The van der Waals surface area contributed by atoms with Gasteiger partial charge in [0.1, 0.15) is 43.0 Å². The summed E-state index contributed by atoms with van der Waals surface area (Å²) in [4.78, 5) is 56.1. The van der Waals surface area contributed by atoms with Crippen LogP contribution in [0, 0.1) is 13.8 Å². The van der Waals surface area contributed by atoms with E-state index in [9.17, 15) is 19.2 Å². The summed E-state index contributed by atoms with van der Waals surface area (Å²) in [5, 5.41) is 3.12. The van der Waals surface area contributed by atoms with Crippen LogP contribution >= 0.6 is 6.72 Å². The highest BCUT2D eigenvalue weighted by atomic mass is 32.5. The molecule has 0 amide bonds. The molecule has 1 unspecified atom stereocenters. The quantitative estimate of drug-likeness (QED) is 0.130. The SMILES string of the molecule is Cc1cn([C@H]2C[C@H](O[Si](C)(C)C(C)(C)C)[C@@H](COP(=S)(O[C@@H]3[C@H]4OC(C)(C)O[C@H]4O[C@@H]3CNC(C)C)O[C@H]3C[C@H](n4cc(C)c(=O)[nH]c4=O)O[C@@H]3CO[Si](C)(C)C(C)(C)C)O2)c(=O)[nH]c1=O. The summed E-state index contributed by atoms with van der Waals surface area (Å²) in [6.45, 7) is 28.6. The van der Waals surface area contributed by atoms with Gasteiger partial charge in [-0.05, 0) is 75.8 Å². The summed E-state index contributed by atoms with van der Waals surface area (Å²) in [5.74, 6) is -0.989. The topological polar surface area (TPSA) is 214 Å². The fourth-order valence-electron chi connectivity index (χ4n) is 7.70. The van der Waals surface area contributed by atoms with Crippen LogP contribution in [-0.2, 0) is 57.9 Å². The summed E-state index contributed by atoms with van der Waals surface area (Å²) >= 11 is 6.47. The van der Waals surface area contributed by atoms with E-state index in [1.165, 1.54) is 21.5 Å². The van der Waals surface area contributed by atoms with E-state index in [0.29, 0.717) is 17.7 Å². The number of H-pyrrole nitrogens is 2. The summed E-state index contributed by atoms with van der Waals surface area (Å²) in [7, 11) is -4.81. The van der Waals surface area contributed by atoms with Crippen molar-refractivity contribution in [2.75, 3.05) is 19.8 Å². The van der Waals surface area contributed by atoms with E-state index in [2.05, 4.69) is 83.0 Å². The summed E-state index contributed by atoms with van der Waals surface area (Å²) < 4.78 is 69.5. The normalized spacial score (nSPS) is 30.3. The zero-order valence-corrected chi connectivity index (χ0v) is 45.2. The second kappa shape index (κ2) is 19.7. The van der Waals surface area contributed by atoms with E-state index in [1.807, 2.05) is 13.8 Å². The number of aryl methyl sites for hydroxylation is 2. The van der Waals surface area contributed by atoms with Crippen LogP contribution in [0.4, 0.5) is 0 Å². The Bertz CT molecular complexity index is 2340. The van der Waals surface area contributed by atoms with Gasteiger partial charge in [-0.1, -0.05) is 55.4 Å². The standard InChI is InChI=1S/C43H74N5O14PSSi2/c1-24(2)44-19-29-34(35-38(57-29)59-43(11,12)58-35)61-63(64,53-22-30-28(62-66(15,16)42(8,9)10)18-33(55-30)48-21-26(4)37(50)46-40(48)52)60-27-17-32(47-20-25(3)36(49)45-39(47)51)56-31(27)23-54-65(13,14)41(5,6)7/h20-21,24,27-35,38,44H,17-19,22-23H2,1-16H3,(H,45,49,51)(H,46,50,52)/t27-,28-,29+,30+,31+,32+,33+,34-,35+,38+,63?/m0/s1. The van der Waals surface area contributed by atoms with Crippen LogP contribution in [0.5, 0.6) is 0 Å². The molecule has 0 saturated carbocycles. The molecule has 4 fully saturated rings. The summed E-state index contributed by atoms with van der Waals surface area (Å²) in [6.07, 6.45) is -4.18. The number of rotatable bonds is 17. The molecule has 4 saturated heterocycles. The average molecular weight is 1000 g/mol. The molecule has 2 aromatic rings. The molecule has 0 aromatic carbocycles. The largest absolute Gasteiger partial charge is 0.414 e. The molecule has 2 aromatic heterocycles. The van der Waals surface area contributed by atoms with Crippen LogP contribution < -0.4 is 27.8 Å². The molecule has 4 aliphatic rings. The Hall–Kier alpha value is -2.00. The average Bonchev–Trinajstić information content (AvgIpc) is 3.92. The minimum atomic E-state index is -3.97. The van der Waals surface area contributed by atoms with Gasteiger partial charge in [0.2, 0.25) is 0 Å². The van der Waals surface area contributed by atoms with Gasteiger partial charge in [-0.2, -0.15) is 0 Å². The van der Waals surface area contributed by atoms with Crippen molar-refractivity contribution < 1.29 is 46.1 Å². The number of hydrogen-bond donors (Lipinski definition) is 3. The van der Waals surface area contributed by atoms with E-state index in [-0.39, 0.29) is 42.2 Å². The van der Waals surface area contributed by atoms with Gasteiger partial charge >= 0.3 is 18.1 Å². The first-order valence-electron chi connectivity index (χ1n) is 22.9. The van der Waals surface area contributed by atoms with Crippen LogP contribution in [0.2, 0.25) is 36.3 Å². The van der Waals surface area contributed by atoms with Crippen LogP contribution in [0.1, 0.15) is 106 Å². The lowest BCUT2D eigenvalue weighted by molar-refractivity contribution is -0.213. The van der Waals surface area contributed by atoms with Crippen LogP contribution in [0.25, 0.3) is 0 Å². The molecular weight excluding hydrogens is 930 g/mol. The molecule has 0 radical (unpaired) electrons. The highest BCUT2D eigenvalue weighted by molar-refractivity contribution is 8.07.